The van der Waals surface area contributed by atoms with Crippen molar-refractivity contribution in [1.29, 1.82) is 0 Å². The molecule has 6 nitrogen and oxygen atoms in total. The number of allylic oxidation sites excluding steroid dienone is 2. The summed E-state index contributed by atoms with van der Waals surface area (Å²) in [6.45, 7) is 22.4. The number of nitrogens with one attached hydrogen (secondary N) is 1. The molecule has 2 N–H and O–H groups in total. The number of carbonyl (C=O) groups excluding carboxylic acids is 2. The number of rotatable bonds is 9. The number of carboxylic acid groups (broad SMARTS) is 1. The Labute approximate surface area is 324 Å². The maximum atomic E-state index is 14.0. The van der Waals surface area contributed by atoms with Gasteiger partial charge in [0.15, 0.2) is 5.78 Å². The number of ketones is 1. The molecule has 53 heavy (non-hydrogen) atoms. The van der Waals surface area contributed by atoms with Crippen molar-refractivity contribution in [2.45, 2.75) is 146 Å². The lowest BCUT2D eigenvalue weighted by molar-refractivity contribution is -0.236. The lowest BCUT2D eigenvalue weighted by Gasteiger charge is -2.72. The highest BCUT2D eigenvalue weighted by atomic mass is 35.5. The highest BCUT2D eigenvalue weighted by Gasteiger charge is 2.70. The van der Waals surface area contributed by atoms with Crippen LogP contribution >= 0.6 is 11.6 Å². The van der Waals surface area contributed by atoms with Gasteiger partial charge in [0.25, 0.3) is 0 Å². The molecular weight excluding hydrogens is 682 g/mol. The minimum atomic E-state index is -0.817. The largest absolute Gasteiger partial charge is 0.481 e. The average molecular weight is 748 g/mol. The zero-order valence-electron chi connectivity index (χ0n) is 34.0. The van der Waals surface area contributed by atoms with Gasteiger partial charge in [-0.3, -0.25) is 14.4 Å². The van der Waals surface area contributed by atoms with Gasteiger partial charge in [-0.05, 0) is 133 Å². The van der Waals surface area contributed by atoms with E-state index >= 15 is 0 Å². The van der Waals surface area contributed by atoms with E-state index in [0.717, 1.165) is 80.6 Å². The molecule has 0 bridgehead atoms. The van der Waals surface area contributed by atoms with Crippen LogP contribution in [0.4, 0.5) is 0 Å². The molecule has 1 aromatic rings. The van der Waals surface area contributed by atoms with Gasteiger partial charge in [-0.25, -0.2) is 0 Å². The summed E-state index contributed by atoms with van der Waals surface area (Å²) in [7, 11) is 0. The van der Waals surface area contributed by atoms with Crippen molar-refractivity contribution in [1.82, 2.24) is 5.32 Å². The van der Waals surface area contributed by atoms with E-state index < -0.39 is 17.3 Å². The first-order valence-electron chi connectivity index (χ1n) is 20.9. The van der Waals surface area contributed by atoms with Crippen LogP contribution in [0.1, 0.15) is 139 Å². The van der Waals surface area contributed by atoms with Crippen LogP contribution in [-0.2, 0) is 25.7 Å². The molecule has 6 aliphatic rings. The molecule has 5 fully saturated rings. The zero-order valence-corrected chi connectivity index (χ0v) is 34.8. The van der Waals surface area contributed by atoms with Crippen LogP contribution in [-0.4, -0.2) is 35.5 Å². The SMILES string of the molecule is CC(C)C1=C2[C@H]3CC[C@@H]4[C@@]5(C)CC[C@H](OC(=O)[C@H]6C[C@@H](C(=O)O)C6(C)C)C(C)(C)[C@@H]5CC[C@@]4(C)[C@]3(C)CC[C@@]2(CCNCc2ccccc2Cl)CC1=O. The van der Waals surface area contributed by atoms with Gasteiger partial charge in [-0.2, -0.15) is 0 Å². The van der Waals surface area contributed by atoms with E-state index in [1.807, 2.05) is 32.0 Å². The van der Waals surface area contributed by atoms with Gasteiger partial charge in [0.05, 0.1) is 11.8 Å². The van der Waals surface area contributed by atoms with Gasteiger partial charge in [0.1, 0.15) is 6.10 Å². The van der Waals surface area contributed by atoms with Crippen molar-refractivity contribution >= 4 is 29.3 Å². The molecule has 0 heterocycles. The molecule has 0 aromatic heterocycles. The summed E-state index contributed by atoms with van der Waals surface area (Å²) in [6, 6.07) is 8.05. The zero-order chi connectivity index (χ0) is 38.5. The molecule has 6 aliphatic carbocycles. The maximum Gasteiger partial charge on any atom is 0.309 e. The van der Waals surface area contributed by atoms with Gasteiger partial charge in [-0.1, -0.05) is 97.7 Å². The van der Waals surface area contributed by atoms with E-state index in [0.29, 0.717) is 36.4 Å². The quantitative estimate of drug-likeness (QED) is 0.193. The summed E-state index contributed by atoms with van der Waals surface area (Å²) < 4.78 is 6.43. The molecule has 7 heteroatoms. The topological polar surface area (TPSA) is 92.7 Å². The third-order valence-corrected chi connectivity index (χ3v) is 18.0. The molecule has 1 aromatic carbocycles. The lowest BCUT2D eigenvalue weighted by Crippen LogP contribution is -2.66. The summed E-state index contributed by atoms with van der Waals surface area (Å²) in [6.07, 6.45) is 10.6. The minimum absolute atomic E-state index is 0.0535. The average Bonchev–Trinajstić information content (AvgIpc) is 3.37. The molecule has 5 saturated carbocycles. The highest BCUT2D eigenvalue weighted by Crippen LogP contribution is 2.77. The molecule has 10 atom stereocenters. The summed E-state index contributed by atoms with van der Waals surface area (Å²) in [4.78, 5) is 39.4. The lowest BCUT2D eigenvalue weighted by atomic mass is 9.33. The Morgan fingerprint density at radius 2 is 1.60 bits per heavy atom. The molecule has 292 valence electrons. The van der Waals surface area contributed by atoms with Crippen molar-refractivity contribution in [2.24, 2.45) is 68.0 Å². The number of benzene rings is 1. The highest BCUT2D eigenvalue weighted by molar-refractivity contribution is 6.31. The third-order valence-electron chi connectivity index (χ3n) is 17.7. The molecule has 7 rings (SSSR count). The van der Waals surface area contributed by atoms with E-state index in [1.165, 1.54) is 12.0 Å². The van der Waals surface area contributed by atoms with Crippen molar-refractivity contribution in [2.75, 3.05) is 6.54 Å². The number of hydrogen-bond donors (Lipinski definition) is 2. The fourth-order valence-electron chi connectivity index (χ4n) is 14.4. The van der Waals surface area contributed by atoms with Crippen LogP contribution in [0.2, 0.25) is 5.02 Å². The first-order valence-corrected chi connectivity index (χ1v) is 21.3. The maximum absolute atomic E-state index is 14.0. The first-order chi connectivity index (χ1) is 24.7. The van der Waals surface area contributed by atoms with Crippen molar-refractivity contribution in [3.8, 4) is 0 Å². The van der Waals surface area contributed by atoms with E-state index in [1.54, 1.807) is 0 Å². The number of aliphatic carboxylic acids is 1. The smallest absolute Gasteiger partial charge is 0.309 e. The molecule has 0 aliphatic heterocycles. The number of esters is 1. The Balaban J connectivity index is 1.11. The number of carbonyl (C=O) groups is 3. The van der Waals surface area contributed by atoms with Crippen LogP contribution in [0.5, 0.6) is 0 Å². The predicted molar refractivity (Wildman–Crippen MR) is 210 cm³/mol. The van der Waals surface area contributed by atoms with E-state index in [-0.39, 0.29) is 51.0 Å². The number of halogens is 1. The van der Waals surface area contributed by atoms with E-state index in [2.05, 4.69) is 59.8 Å². The van der Waals surface area contributed by atoms with Crippen LogP contribution in [0.15, 0.2) is 35.4 Å². The summed E-state index contributed by atoms with van der Waals surface area (Å²) in [5, 5.41) is 14.2. The van der Waals surface area contributed by atoms with Crippen LogP contribution in [0.3, 0.4) is 0 Å². The van der Waals surface area contributed by atoms with Crippen LogP contribution < -0.4 is 5.32 Å². The molecule has 0 saturated heterocycles. The Hall–Kier alpha value is -2.18. The number of hydrogen-bond acceptors (Lipinski definition) is 5. The van der Waals surface area contributed by atoms with Crippen LogP contribution in [0, 0.1) is 68.0 Å². The Kier molecular flexibility index (Phi) is 9.74. The van der Waals surface area contributed by atoms with Gasteiger partial charge in [-0.15, -0.1) is 0 Å². The normalized spacial score (nSPS) is 41.2. The molecule has 0 radical (unpaired) electrons. The molecule has 0 unspecified atom stereocenters. The minimum Gasteiger partial charge on any atom is -0.481 e. The fraction of sp³-hybridized carbons (Fsp3) is 0.761. The third kappa shape index (κ3) is 5.75. The molecule has 0 amide bonds. The second-order valence-corrected chi connectivity index (χ2v) is 21.2. The summed E-state index contributed by atoms with van der Waals surface area (Å²) in [5.41, 5.74) is 3.39. The Bertz CT molecular complexity index is 1700. The van der Waals surface area contributed by atoms with E-state index in [4.69, 9.17) is 16.3 Å². The van der Waals surface area contributed by atoms with Gasteiger partial charge < -0.3 is 15.2 Å². The number of fused-ring (bicyclic) bond motifs is 7. The van der Waals surface area contributed by atoms with Gasteiger partial charge in [0.2, 0.25) is 0 Å². The number of carboxylic acids is 1. The number of ether oxygens (including phenoxy) is 1. The monoisotopic (exact) mass is 747 g/mol. The van der Waals surface area contributed by atoms with Gasteiger partial charge >= 0.3 is 11.9 Å². The Morgan fingerprint density at radius 3 is 2.26 bits per heavy atom. The van der Waals surface area contributed by atoms with Crippen molar-refractivity contribution < 1.29 is 24.2 Å². The van der Waals surface area contributed by atoms with Gasteiger partial charge in [0, 0.05) is 28.8 Å². The first kappa shape index (κ1) is 39.1. The van der Waals surface area contributed by atoms with Crippen molar-refractivity contribution in [3.05, 3.63) is 46.0 Å². The second kappa shape index (κ2) is 13.2. The second-order valence-electron chi connectivity index (χ2n) is 20.8. The summed E-state index contributed by atoms with van der Waals surface area (Å²) in [5.74, 6) is 0.186. The predicted octanol–water partition coefficient (Wildman–Crippen LogP) is 10.5. The molecule has 0 spiro atoms. The Morgan fingerprint density at radius 1 is 0.887 bits per heavy atom. The van der Waals surface area contributed by atoms with E-state index in [9.17, 15) is 19.5 Å². The fourth-order valence-corrected chi connectivity index (χ4v) is 14.6. The molecular formula is C46H66ClNO5. The van der Waals surface area contributed by atoms with Crippen molar-refractivity contribution in [3.63, 3.8) is 0 Å². The van der Waals surface area contributed by atoms with Crippen LogP contribution in [0.25, 0.3) is 0 Å². The standard InChI is InChI=1S/C46H66ClNO5/c1-27(2)37-33(49)25-46(22-23-48-26-28-12-10-11-13-32(28)47)21-20-44(8)29(38(37)46)14-15-35-43(7)18-17-36(42(5,6)34(43)16-19-45(35,44)9)53-40(52)31-24-30(39(50)51)41(31,3)4/h10-13,27,29-31,34-36,48H,14-26H2,1-9H3,(H,50,51)/t29-,30+,31-,34+,35-,36+,43+,44-,45-,46-/m1/s1. The number of Topliss-reactive ketones (excluding diaryl/α,β-unsaturated/α-hetero) is 1. The summed E-state index contributed by atoms with van der Waals surface area (Å²) >= 11 is 6.48.